The Bertz CT molecular complexity index is 836. The number of nitrogens with zero attached hydrogens (tertiary/aromatic N) is 3. The van der Waals surface area contributed by atoms with Gasteiger partial charge in [-0.2, -0.15) is 0 Å². The minimum atomic E-state index is -0.350. The number of halogens is 1. The van der Waals surface area contributed by atoms with Gasteiger partial charge in [0.15, 0.2) is 5.76 Å². The first-order valence-electron chi connectivity index (χ1n) is 9.42. The van der Waals surface area contributed by atoms with Gasteiger partial charge in [0.2, 0.25) is 5.91 Å². The molecule has 2 aromatic rings. The molecular formula is C20H26FN3O3. The second kappa shape index (κ2) is 8.08. The number of benzene rings is 1. The molecule has 7 heteroatoms. The van der Waals surface area contributed by atoms with Crippen molar-refractivity contribution < 1.29 is 18.4 Å². The van der Waals surface area contributed by atoms with E-state index in [1.807, 2.05) is 18.7 Å². The van der Waals surface area contributed by atoms with Crippen LogP contribution in [0.25, 0.3) is 11.0 Å². The third kappa shape index (κ3) is 3.98. The van der Waals surface area contributed by atoms with Crippen LogP contribution in [-0.2, 0) is 4.79 Å². The lowest BCUT2D eigenvalue weighted by Crippen LogP contribution is -2.51. The topological polar surface area (TPSA) is 57.0 Å². The van der Waals surface area contributed by atoms with Crippen molar-refractivity contribution in [2.24, 2.45) is 0 Å². The Kier molecular flexibility index (Phi) is 5.79. The SMILES string of the molecule is CCN(CC)C(=O)CN1CCN(C(=O)c2oc3ccc(F)cc3c2C)CC1. The molecule has 1 aromatic carbocycles. The van der Waals surface area contributed by atoms with Crippen molar-refractivity contribution in [2.75, 3.05) is 45.8 Å². The maximum absolute atomic E-state index is 13.5. The minimum absolute atomic E-state index is 0.120. The number of carbonyl (C=O) groups excluding carboxylic acids is 2. The molecule has 27 heavy (non-hydrogen) atoms. The molecular weight excluding hydrogens is 349 g/mol. The fraction of sp³-hybridized carbons (Fsp3) is 0.500. The second-order valence-corrected chi connectivity index (χ2v) is 6.83. The van der Waals surface area contributed by atoms with Crippen LogP contribution in [0, 0.1) is 12.7 Å². The molecule has 0 saturated carbocycles. The molecule has 1 aliphatic rings. The number of carbonyl (C=O) groups is 2. The van der Waals surface area contributed by atoms with Crippen molar-refractivity contribution in [3.05, 3.63) is 35.3 Å². The highest BCUT2D eigenvalue weighted by molar-refractivity contribution is 5.99. The maximum atomic E-state index is 13.5. The number of hydrogen-bond acceptors (Lipinski definition) is 4. The number of aryl methyl sites for hydroxylation is 1. The highest BCUT2D eigenvalue weighted by atomic mass is 19.1. The van der Waals surface area contributed by atoms with Crippen LogP contribution in [0.4, 0.5) is 4.39 Å². The van der Waals surface area contributed by atoms with Crippen LogP contribution >= 0.6 is 0 Å². The minimum Gasteiger partial charge on any atom is -0.451 e. The van der Waals surface area contributed by atoms with Gasteiger partial charge >= 0.3 is 0 Å². The van der Waals surface area contributed by atoms with Crippen molar-refractivity contribution in [3.63, 3.8) is 0 Å². The average molecular weight is 375 g/mol. The van der Waals surface area contributed by atoms with Crippen LogP contribution in [-0.4, -0.2) is 72.3 Å². The zero-order valence-electron chi connectivity index (χ0n) is 16.1. The molecule has 0 atom stereocenters. The van der Waals surface area contributed by atoms with E-state index in [1.54, 1.807) is 17.9 Å². The van der Waals surface area contributed by atoms with Gasteiger partial charge in [0.05, 0.1) is 6.54 Å². The van der Waals surface area contributed by atoms with Gasteiger partial charge in [0, 0.05) is 50.2 Å². The summed E-state index contributed by atoms with van der Waals surface area (Å²) in [7, 11) is 0. The Morgan fingerprint density at radius 1 is 1.15 bits per heavy atom. The van der Waals surface area contributed by atoms with E-state index in [0.29, 0.717) is 62.3 Å². The van der Waals surface area contributed by atoms with E-state index in [2.05, 4.69) is 4.90 Å². The lowest BCUT2D eigenvalue weighted by atomic mass is 10.1. The number of furan rings is 1. The van der Waals surface area contributed by atoms with Gasteiger partial charge < -0.3 is 14.2 Å². The van der Waals surface area contributed by atoms with E-state index in [-0.39, 0.29) is 23.4 Å². The number of fused-ring (bicyclic) bond motifs is 1. The third-order valence-corrected chi connectivity index (χ3v) is 5.23. The van der Waals surface area contributed by atoms with Gasteiger partial charge in [-0.25, -0.2) is 4.39 Å². The first-order chi connectivity index (χ1) is 12.9. The molecule has 6 nitrogen and oxygen atoms in total. The standard InChI is InChI=1S/C20H26FN3O3/c1-4-23(5-2)18(25)13-22-8-10-24(11-9-22)20(26)19-14(3)16-12-15(21)6-7-17(16)27-19/h6-7,12H,4-5,8-11,13H2,1-3H3. The highest BCUT2D eigenvalue weighted by Crippen LogP contribution is 2.27. The van der Waals surface area contributed by atoms with Crippen molar-refractivity contribution in [1.29, 1.82) is 0 Å². The van der Waals surface area contributed by atoms with E-state index in [4.69, 9.17) is 4.42 Å². The lowest BCUT2D eigenvalue weighted by Gasteiger charge is -2.34. The molecule has 0 radical (unpaired) electrons. The van der Waals surface area contributed by atoms with Crippen molar-refractivity contribution >= 4 is 22.8 Å². The first-order valence-corrected chi connectivity index (χ1v) is 9.42. The van der Waals surface area contributed by atoms with E-state index in [9.17, 15) is 14.0 Å². The van der Waals surface area contributed by atoms with Gasteiger partial charge in [0.1, 0.15) is 11.4 Å². The normalized spacial score (nSPS) is 15.3. The summed E-state index contributed by atoms with van der Waals surface area (Å²) in [5.41, 5.74) is 1.18. The molecule has 0 N–H and O–H groups in total. The Balaban J connectivity index is 1.64. The molecule has 2 amide bonds. The van der Waals surface area contributed by atoms with Crippen LogP contribution < -0.4 is 0 Å². The van der Waals surface area contributed by atoms with E-state index >= 15 is 0 Å². The smallest absolute Gasteiger partial charge is 0.289 e. The molecule has 1 saturated heterocycles. The maximum Gasteiger partial charge on any atom is 0.289 e. The molecule has 3 rings (SSSR count). The fourth-order valence-corrected chi connectivity index (χ4v) is 3.52. The number of likely N-dealkylation sites (N-methyl/N-ethyl adjacent to an activating group) is 1. The number of rotatable bonds is 5. The van der Waals surface area contributed by atoms with Gasteiger partial charge in [-0.05, 0) is 39.0 Å². The Labute approximate surface area is 158 Å². The third-order valence-electron chi connectivity index (χ3n) is 5.23. The summed E-state index contributed by atoms with van der Waals surface area (Å²) in [6.45, 7) is 9.88. The van der Waals surface area contributed by atoms with Crippen LogP contribution in [0.1, 0.15) is 30.0 Å². The summed E-state index contributed by atoms with van der Waals surface area (Å²) in [5.74, 6) is -0.145. The van der Waals surface area contributed by atoms with E-state index in [1.165, 1.54) is 12.1 Å². The molecule has 0 unspecified atom stereocenters. The molecule has 0 spiro atoms. The number of amides is 2. The molecule has 1 aromatic heterocycles. The summed E-state index contributed by atoms with van der Waals surface area (Å²) in [4.78, 5) is 30.7. The van der Waals surface area contributed by atoms with Crippen molar-refractivity contribution in [3.8, 4) is 0 Å². The quantitative estimate of drug-likeness (QED) is 0.806. The fourth-order valence-electron chi connectivity index (χ4n) is 3.52. The monoisotopic (exact) mass is 375 g/mol. The summed E-state index contributed by atoms with van der Waals surface area (Å²) in [5, 5.41) is 0.627. The predicted octanol–water partition coefficient (Wildman–Crippen LogP) is 2.51. The summed E-state index contributed by atoms with van der Waals surface area (Å²) < 4.78 is 19.2. The zero-order chi connectivity index (χ0) is 19.6. The highest BCUT2D eigenvalue weighted by Gasteiger charge is 2.27. The van der Waals surface area contributed by atoms with Crippen LogP contribution in [0.15, 0.2) is 22.6 Å². The molecule has 0 bridgehead atoms. The molecule has 1 aliphatic heterocycles. The second-order valence-electron chi connectivity index (χ2n) is 6.83. The van der Waals surface area contributed by atoms with Crippen molar-refractivity contribution in [1.82, 2.24) is 14.7 Å². The molecule has 2 heterocycles. The summed E-state index contributed by atoms with van der Waals surface area (Å²) in [6.07, 6.45) is 0. The Morgan fingerprint density at radius 3 is 2.44 bits per heavy atom. The molecule has 1 fully saturated rings. The Morgan fingerprint density at radius 2 is 1.81 bits per heavy atom. The van der Waals surface area contributed by atoms with Gasteiger partial charge in [-0.3, -0.25) is 14.5 Å². The molecule has 0 aliphatic carbocycles. The lowest BCUT2D eigenvalue weighted by molar-refractivity contribution is -0.132. The van der Waals surface area contributed by atoms with Gasteiger partial charge in [0.25, 0.3) is 5.91 Å². The average Bonchev–Trinajstić information content (AvgIpc) is 2.99. The van der Waals surface area contributed by atoms with Gasteiger partial charge in [-0.1, -0.05) is 0 Å². The zero-order valence-corrected chi connectivity index (χ0v) is 16.1. The van der Waals surface area contributed by atoms with Crippen LogP contribution in [0.2, 0.25) is 0 Å². The number of piperazine rings is 1. The first kappa shape index (κ1) is 19.4. The predicted molar refractivity (Wildman–Crippen MR) is 101 cm³/mol. The van der Waals surface area contributed by atoms with E-state index in [0.717, 1.165) is 0 Å². The van der Waals surface area contributed by atoms with Crippen LogP contribution in [0.3, 0.4) is 0 Å². The van der Waals surface area contributed by atoms with E-state index < -0.39 is 0 Å². The summed E-state index contributed by atoms with van der Waals surface area (Å²) in [6, 6.07) is 4.26. The Hall–Kier alpha value is -2.41. The van der Waals surface area contributed by atoms with Crippen LogP contribution in [0.5, 0.6) is 0 Å². The molecule has 146 valence electrons. The van der Waals surface area contributed by atoms with Gasteiger partial charge in [-0.15, -0.1) is 0 Å². The largest absolute Gasteiger partial charge is 0.451 e. The summed E-state index contributed by atoms with van der Waals surface area (Å²) >= 11 is 0. The number of hydrogen-bond donors (Lipinski definition) is 0. The van der Waals surface area contributed by atoms with Crippen molar-refractivity contribution in [2.45, 2.75) is 20.8 Å².